The summed E-state index contributed by atoms with van der Waals surface area (Å²) in [6.45, 7) is 6.59. The molecule has 2 aromatic carbocycles. The first kappa shape index (κ1) is 13.8. The number of hydrogen-bond acceptors (Lipinski definition) is 1. The summed E-state index contributed by atoms with van der Waals surface area (Å²) in [5.41, 5.74) is 5.33. The van der Waals surface area contributed by atoms with Crippen LogP contribution in [0.4, 0.5) is 0 Å². The Hall–Kier alpha value is -1.60. The van der Waals surface area contributed by atoms with Gasteiger partial charge in [0.15, 0.2) is 0 Å². The molecule has 1 atom stereocenters. The number of benzene rings is 2. The molecule has 19 heavy (non-hydrogen) atoms. The molecular weight excluding hydrogens is 230 g/mol. The van der Waals surface area contributed by atoms with E-state index in [0.29, 0.717) is 5.92 Å². The highest BCUT2D eigenvalue weighted by Crippen LogP contribution is 2.24. The van der Waals surface area contributed by atoms with Gasteiger partial charge in [-0.25, -0.2) is 0 Å². The Bertz CT molecular complexity index is 526. The fraction of sp³-hybridized carbons (Fsp3) is 0.333. The van der Waals surface area contributed by atoms with Crippen molar-refractivity contribution in [1.29, 1.82) is 0 Å². The molecule has 0 spiro atoms. The van der Waals surface area contributed by atoms with Crippen LogP contribution in [-0.4, -0.2) is 7.05 Å². The summed E-state index contributed by atoms with van der Waals surface area (Å²) in [5, 5.41) is 3.41. The summed E-state index contributed by atoms with van der Waals surface area (Å²) in [5.74, 6) is 0.584. The van der Waals surface area contributed by atoms with Crippen molar-refractivity contribution >= 4 is 0 Å². The first-order chi connectivity index (χ1) is 9.11. The van der Waals surface area contributed by atoms with Crippen molar-refractivity contribution in [2.75, 3.05) is 7.05 Å². The number of rotatable bonds is 4. The minimum atomic E-state index is 0.265. The number of aryl methyl sites for hydroxylation is 1. The third-order valence-corrected chi connectivity index (χ3v) is 3.60. The Morgan fingerprint density at radius 3 is 2.00 bits per heavy atom. The largest absolute Gasteiger partial charge is 0.309 e. The van der Waals surface area contributed by atoms with E-state index in [9.17, 15) is 0 Å². The normalized spacial score (nSPS) is 12.7. The van der Waals surface area contributed by atoms with Crippen LogP contribution >= 0.6 is 0 Å². The van der Waals surface area contributed by atoms with E-state index in [1.165, 1.54) is 22.3 Å². The second-order valence-electron chi connectivity index (χ2n) is 5.46. The average Bonchev–Trinajstić information content (AvgIpc) is 2.40. The zero-order valence-electron chi connectivity index (χ0n) is 12.3. The molecule has 0 bridgehead atoms. The maximum Gasteiger partial charge on any atom is 0.0574 e. The van der Waals surface area contributed by atoms with Crippen LogP contribution in [0.1, 0.15) is 48.1 Å². The summed E-state index contributed by atoms with van der Waals surface area (Å²) < 4.78 is 0. The number of nitrogens with one attached hydrogen (secondary N) is 1. The lowest BCUT2D eigenvalue weighted by atomic mass is 9.94. The highest BCUT2D eigenvalue weighted by atomic mass is 14.9. The van der Waals surface area contributed by atoms with Gasteiger partial charge < -0.3 is 5.32 Å². The molecule has 0 radical (unpaired) electrons. The van der Waals surface area contributed by atoms with E-state index < -0.39 is 0 Å². The van der Waals surface area contributed by atoms with Gasteiger partial charge in [-0.15, -0.1) is 0 Å². The van der Waals surface area contributed by atoms with Crippen molar-refractivity contribution in [3.8, 4) is 0 Å². The van der Waals surface area contributed by atoms with Gasteiger partial charge in [0.2, 0.25) is 0 Å². The molecule has 0 aliphatic carbocycles. The topological polar surface area (TPSA) is 12.0 Å². The molecule has 0 aliphatic heterocycles. The lowest BCUT2D eigenvalue weighted by Crippen LogP contribution is -2.17. The zero-order chi connectivity index (χ0) is 13.8. The fourth-order valence-electron chi connectivity index (χ4n) is 2.45. The summed E-state index contributed by atoms with van der Waals surface area (Å²) in [6.07, 6.45) is 0. The van der Waals surface area contributed by atoms with Crippen LogP contribution in [0.3, 0.4) is 0 Å². The molecule has 1 N–H and O–H groups in total. The van der Waals surface area contributed by atoms with Gasteiger partial charge in [-0.1, -0.05) is 67.9 Å². The third kappa shape index (κ3) is 3.24. The predicted molar refractivity (Wildman–Crippen MR) is 82.6 cm³/mol. The lowest BCUT2D eigenvalue weighted by molar-refractivity contribution is 0.690. The molecule has 0 aromatic heterocycles. The molecule has 100 valence electrons. The smallest absolute Gasteiger partial charge is 0.0574 e. The Morgan fingerprint density at radius 1 is 0.842 bits per heavy atom. The van der Waals surface area contributed by atoms with E-state index >= 15 is 0 Å². The third-order valence-electron chi connectivity index (χ3n) is 3.60. The van der Waals surface area contributed by atoms with Crippen LogP contribution in [0.15, 0.2) is 48.5 Å². The van der Waals surface area contributed by atoms with Crippen molar-refractivity contribution in [2.45, 2.75) is 32.7 Å². The molecule has 0 fully saturated rings. The Kier molecular flexibility index (Phi) is 4.39. The van der Waals surface area contributed by atoms with Crippen molar-refractivity contribution in [3.63, 3.8) is 0 Å². The molecule has 1 unspecified atom stereocenters. The Balaban J connectivity index is 2.31. The first-order valence-corrected chi connectivity index (χ1v) is 6.95. The Morgan fingerprint density at radius 2 is 1.47 bits per heavy atom. The van der Waals surface area contributed by atoms with Gasteiger partial charge in [-0.05, 0) is 36.6 Å². The van der Waals surface area contributed by atoms with Gasteiger partial charge in [0.25, 0.3) is 0 Å². The van der Waals surface area contributed by atoms with Crippen LogP contribution in [0, 0.1) is 6.92 Å². The van der Waals surface area contributed by atoms with Gasteiger partial charge in [-0.3, -0.25) is 0 Å². The van der Waals surface area contributed by atoms with Crippen molar-refractivity contribution in [2.24, 2.45) is 0 Å². The highest BCUT2D eigenvalue weighted by molar-refractivity contribution is 5.35. The Labute approximate surface area is 116 Å². The van der Waals surface area contributed by atoms with Gasteiger partial charge in [0.05, 0.1) is 6.04 Å². The van der Waals surface area contributed by atoms with Crippen molar-refractivity contribution in [3.05, 3.63) is 70.8 Å². The summed E-state index contributed by atoms with van der Waals surface area (Å²) >= 11 is 0. The van der Waals surface area contributed by atoms with E-state index in [2.05, 4.69) is 74.6 Å². The van der Waals surface area contributed by atoms with Crippen LogP contribution in [0.2, 0.25) is 0 Å². The van der Waals surface area contributed by atoms with E-state index in [4.69, 9.17) is 0 Å². The minimum absolute atomic E-state index is 0.265. The average molecular weight is 253 g/mol. The molecule has 2 aromatic rings. The van der Waals surface area contributed by atoms with Crippen LogP contribution in [0.25, 0.3) is 0 Å². The number of hydrogen-bond donors (Lipinski definition) is 1. The van der Waals surface area contributed by atoms with Crippen LogP contribution in [-0.2, 0) is 0 Å². The molecule has 0 heterocycles. The molecule has 1 heteroatoms. The van der Waals surface area contributed by atoms with Gasteiger partial charge in [0, 0.05) is 0 Å². The summed E-state index contributed by atoms with van der Waals surface area (Å²) in [4.78, 5) is 0. The SMILES string of the molecule is CNC(c1ccc(C(C)C)cc1)c1cccc(C)c1. The van der Waals surface area contributed by atoms with E-state index in [-0.39, 0.29) is 6.04 Å². The molecule has 1 nitrogen and oxygen atoms in total. The quantitative estimate of drug-likeness (QED) is 0.850. The van der Waals surface area contributed by atoms with E-state index in [1.807, 2.05) is 7.05 Å². The molecule has 0 aliphatic rings. The molecule has 0 saturated carbocycles. The summed E-state index contributed by atoms with van der Waals surface area (Å²) in [6, 6.07) is 17.9. The predicted octanol–water partition coefficient (Wildman–Crippen LogP) is 4.43. The molecule has 2 rings (SSSR count). The van der Waals surface area contributed by atoms with Gasteiger partial charge in [0.1, 0.15) is 0 Å². The molecular formula is C18H23N. The lowest BCUT2D eigenvalue weighted by Gasteiger charge is -2.18. The van der Waals surface area contributed by atoms with Crippen molar-refractivity contribution in [1.82, 2.24) is 5.32 Å². The zero-order valence-corrected chi connectivity index (χ0v) is 12.3. The maximum atomic E-state index is 3.41. The second kappa shape index (κ2) is 6.03. The highest BCUT2D eigenvalue weighted by Gasteiger charge is 2.12. The van der Waals surface area contributed by atoms with Crippen LogP contribution < -0.4 is 5.32 Å². The minimum Gasteiger partial charge on any atom is -0.309 e. The van der Waals surface area contributed by atoms with E-state index in [0.717, 1.165) is 0 Å². The second-order valence-corrected chi connectivity index (χ2v) is 5.46. The van der Waals surface area contributed by atoms with Gasteiger partial charge in [-0.2, -0.15) is 0 Å². The maximum absolute atomic E-state index is 3.41. The van der Waals surface area contributed by atoms with Crippen molar-refractivity contribution < 1.29 is 0 Å². The van der Waals surface area contributed by atoms with E-state index in [1.54, 1.807) is 0 Å². The molecule has 0 saturated heterocycles. The van der Waals surface area contributed by atoms with Crippen LogP contribution in [0.5, 0.6) is 0 Å². The first-order valence-electron chi connectivity index (χ1n) is 6.95. The monoisotopic (exact) mass is 253 g/mol. The summed E-state index contributed by atoms with van der Waals surface area (Å²) in [7, 11) is 2.02. The standard InChI is InChI=1S/C18H23N/c1-13(2)15-8-10-16(11-9-15)18(19-4)17-7-5-6-14(3)12-17/h5-13,18-19H,1-4H3. The van der Waals surface area contributed by atoms with Gasteiger partial charge >= 0.3 is 0 Å². The molecule has 0 amide bonds. The fourth-order valence-corrected chi connectivity index (χ4v) is 2.45.